The van der Waals surface area contributed by atoms with Gasteiger partial charge in [-0.25, -0.2) is 13.1 Å². The third-order valence-electron chi connectivity index (χ3n) is 3.28. The van der Waals surface area contributed by atoms with Gasteiger partial charge in [0.2, 0.25) is 10.0 Å². The van der Waals surface area contributed by atoms with Gasteiger partial charge < -0.3 is 5.73 Å². The number of nitrogens with one attached hydrogen (secondary N) is 1. The van der Waals surface area contributed by atoms with Crippen LogP contribution in [0.2, 0.25) is 0 Å². The summed E-state index contributed by atoms with van der Waals surface area (Å²) in [6, 6.07) is 4.63. The SMILES string of the molecule is CC(C)(NS(=O)(=O)c1ccc(N)c(Br)c1)C1CC1. The molecule has 0 aromatic heterocycles. The van der Waals surface area contributed by atoms with Crippen molar-refractivity contribution in [3.05, 3.63) is 22.7 Å². The van der Waals surface area contributed by atoms with Gasteiger partial charge in [-0.3, -0.25) is 0 Å². The molecule has 3 N–H and O–H groups in total. The Labute approximate surface area is 116 Å². The average molecular weight is 333 g/mol. The fraction of sp³-hybridized carbons (Fsp3) is 0.500. The van der Waals surface area contributed by atoms with Gasteiger partial charge in [-0.2, -0.15) is 0 Å². The topological polar surface area (TPSA) is 72.2 Å². The molecule has 0 bridgehead atoms. The van der Waals surface area contributed by atoms with Gasteiger partial charge in [-0.05, 0) is 66.7 Å². The summed E-state index contributed by atoms with van der Waals surface area (Å²) < 4.78 is 27.9. The van der Waals surface area contributed by atoms with Crippen LogP contribution in [-0.4, -0.2) is 14.0 Å². The van der Waals surface area contributed by atoms with Crippen molar-refractivity contribution >= 4 is 31.6 Å². The summed E-state index contributed by atoms with van der Waals surface area (Å²) in [4.78, 5) is 0.234. The van der Waals surface area contributed by atoms with E-state index in [1.54, 1.807) is 6.07 Å². The number of benzene rings is 1. The van der Waals surface area contributed by atoms with Gasteiger partial charge in [0, 0.05) is 15.7 Å². The lowest BCUT2D eigenvalue weighted by Crippen LogP contribution is -2.45. The molecule has 1 saturated carbocycles. The van der Waals surface area contributed by atoms with E-state index in [2.05, 4.69) is 20.7 Å². The Kier molecular flexibility index (Phi) is 3.46. The molecule has 6 heteroatoms. The second kappa shape index (κ2) is 4.51. The van der Waals surface area contributed by atoms with Gasteiger partial charge in [0.15, 0.2) is 0 Å². The number of nitrogen functional groups attached to an aromatic ring is 1. The zero-order valence-corrected chi connectivity index (χ0v) is 12.8. The molecule has 1 aliphatic carbocycles. The van der Waals surface area contributed by atoms with E-state index in [-0.39, 0.29) is 4.90 Å². The number of hydrogen-bond acceptors (Lipinski definition) is 3. The summed E-state index contributed by atoms with van der Waals surface area (Å²) >= 11 is 3.24. The van der Waals surface area contributed by atoms with Crippen LogP contribution in [-0.2, 0) is 10.0 Å². The van der Waals surface area contributed by atoms with Crippen LogP contribution in [0.4, 0.5) is 5.69 Å². The van der Waals surface area contributed by atoms with Crippen LogP contribution in [0.3, 0.4) is 0 Å². The van der Waals surface area contributed by atoms with Gasteiger partial charge >= 0.3 is 0 Å². The quantitative estimate of drug-likeness (QED) is 0.832. The summed E-state index contributed by atoms with van der Waals surface area (Å²) in [5, 5.41) is 0. The Morgan fingerprint density at radius 2 is 2.00 bits per heavy atom. The van der Waals surface area contributed by atoms with Crippen LogP contribution in [0.15, 0.2) is 27.6 Å². The zero-order valence-electron chi connectivity index (χ0n) is 10.4. The molecular formula is C12H17BrN2O2S. The van der Waals surface area contributed by atoms with Gasteiger partial charge in [0.1, 0.15) is 0 Å². The molecule has 1 aromatic carbocycles. The Morgan fingerprint density at radius 1 is 1.39 bits per heavy atom. The summed E-state index contributed by atoms with van der Waals surface area (Å²) in [5.41, 5.74) is 5.78. The Balaban J connectivity index is 2.27. The largest absolute Gasteiger partial charge is 0.398 e. The molecule has 100 valence electrons. The molecular weight excluding hydrogens is 316 g/mol. The van der Waals surface area contributed by atoms with Gasteiger partial charge in [0.05, 0.1) is 4.90 Å². The van der Waals surface area contributed by atoms with Gasteiger partial charge in [-0.1, -0.05) is 0 Å². The minimum absolute atomic E-state index is 0.234. The summed E-state index contributed by atoms with van der Waals surface area (Å²) in [6.45, 7) is 3.85. The molecule has 0 aliphatic heterocycles. The second-order valence-corrected chi connectivity index (χ2v) is 7.82. The molecule has 1 fully saturated rings. The van der Waals surface area contributed by atoms with E-state index >= 15 is 0 Å². The number of rotatable bonds is 4. The third kappa shape index (κ3) is 2.87. The Morgan fingerprint density at radius 3 is 2.50 bits per heavy atom. The van der Waals surface area contributed by atoms with Crippen molar-refractivity contribution in [1.29, 1.82) is 0 Å². The van der Waals surface area contributed by atoms with Crippen molar-refractivity contribution in [2.45, 2.75) is 37.1 Å². The summed E-state index contributed by atoms with van der Waals surface area (Å²) in [7, 11) is -3.50. The molecule has 1 aliphatic rings. The maximum Gasteiger partial charge on any atom is 0.241 e. The highest BCUT2D eigenvalue weighted by Gasteiger charge is 2.40. The molecule has 0 spiro atoms. The van der Waals surface area contributed by atoms with Crippen molar-refractivity contribution in [2.75, 3.05) is 5.73 Å². The molecule has 18 heavy (non-hydrogen) atoms. The van der Waals surface area contributed by atoms with Crippen LogP contribution >= 0.6 is 15.9 Å². The first-order chi connectivity index (χ1) is 8.22. The monoisotopic (exact) mass is 332 g/mol. The maximum atomic E-state index is 12.3. The zero-order chi connectivity index (χ0) is 13.6. The van der Waals surface area contributed by atoms with E-state index in [1.165, 1.54) is 12.1 Å². The van der Waals surface area contributed by atoms with E-state index in [0.717, 1.165) is 12.8 Å². The first-order valence-electron chi connectivity index (χ1n) is 5.81. The lowest BCUT2D eigenvalue weighted by atomic mass is 10.0. The minimum Gasteiger partial charge on any atom is -0.398 e. The average Bonchev–Trinajstić information content (AvgIpc) is 3.03. The highest BCUT2D eigenvalue weighted by Crippen LogP contribution is 2.40. The number of sulfonamides is 1. The van der Waals surface area contributed by atoms with Gasteiger partial charge in [0.25, 0.3) is 0 Å². The fourth-order valence-corrected chi connectivity index (χ4v) is 4.00. The van der Waals surface area contributed by atoms with E-state index < -0.39 is 15.6 Å². The summed E-state index contributed by atoms with van der Waals surface area (Å²) in [5.74, 6) is 0.435. The van der Waals surface area contributed by atoms with Crippen molar-refractivity contribution < 1.29 is 8.42 Å². The first kappa shape index (κ1) is 13.8. The molecule has 0 unspecified atom stereocenters. The molecule has 0 amide bonds. The van der Waals surface area contributed by atoms with E-state index in [9.17, 15) is 8.42 Å². The van der Waals surface area contributed by atoms with Crippen molar-refractivity contribution in [1.82, 2.24) is 4.72 Å². The first-order valence-corrected chi connectivity index (χ1v) is 8.09. The van der Waals surface area contributed by atoms with Crippen LogP contribution in [0.5, 0.6) is 0 Å². The molecule has 0 saturated heterocycles. The second-order valence-electron chi connectivity index (χ2n) is 5.28. The highest BCUT2D eigenvalue weighted by atomic mass is 79.9. The van der Waals surface area contributed by atoms with Crippen LogP contribution < -0.4 is 10.5 Å². The maximum absolute atomic E-state index is 12.3. The summed E-state index contributed by atoms with van der Waals surface area (Å²) in [6.07, 6.45) is 2.17. The standard InChI is InChI=1S/C12H17BrN2O2S/c1-12(2,8-3-4-8)15-18(16,17)9-5-6-11(14)10(13)7-9/h5-8,15H,3-4,14H2,1-2H3. The lowest BCUT2D eigenvalue weighted by molar-refractivity contribution is 0.400. The molecule has 0 heterocycles. The normalized spacial score (nSPS) is 16.8. The Bertz CT molecular complexity index is 565. The minimum atomic E-state index is -3.50. The number of hydrogen-bond donors (Lipinski definition) is 2. The molecule has 0 atom stereocenters. The van der Waals surface area contributed by atoms with Crippen molar-refractivity contribution in [3.8, 4) is 0 Å². The predicted octanol–water partition coefficient (Wildman–Crippen LogP) is 2.50. The molecule has 2 rings (SSSR count). The number of halogens is 1. The van der Waals surface area contributed by atoms with Crippen LogP contribution in [0.25, 0.3) is 0 Å². The lowest BCUT2D eigenvalue weighted by Gasteiger charge is -2.25. The molecule has 0 radical (unpaired) electrons. The van der Waals surface area contributed by atoms with Crippen LogP contribution in [0.1, 0.15) is 26.7 Å². The van der Waals surface area contributed by atoms with Crippen molar-refractivity contribution in [2.24, 2.45) is 5.92 Å². The van der Waals surface area contributed by atoms with E-state index in [0.29, 0.717) is 16.1 Å². The van der Waals surface area contributed by atoms with Crippen molar-refractivity contribution in [3.63, 3.8) is 0 Å². The number of nitrogens with two attached hydrogens (primary N) is 1. The number of anilines is 1. The fourth-order valence-electron chi connectivity index (χ4n) is 1.97. The third-order valence-corrected chi connectivity index (χ3v) is 5.63. The smallest absolute Gasteiger partial charge is 0.241 e. The Hall–Kier alpha value is -0.590. The van der Waals surface area contributed by atoms with E-state index in [4.69, 9.17) is 5.73 Å². The van der Waals surface area contributed by atoms with Gasteiger partial charge in [-0.15, -0.1) is 0 Å². The highest BCUT2D eigenvalue weighted by molar-refractivity contribution is 9.10. The van der Waals surface area contributed by atoms with E-state index in [1.807, 2.05) is 13.8 Å². The molecule has 4 nitrogen and oxygen atoms in total. The van der Waals surface area contributed by atoms with Crippen LogP contribution in [0, 0.1) is 5.92 Å². The molecule has 1 aromatic rings. The predicted molar refractivity (Wildman–Crippen MR) is 75.7 cm³/mol.